The molecular formula is C17H14FN3O2. The van der Waals surface area contributed by atoms with Crippen LogP contribution in [-0.2, 0) is 11.3 Å². The molecule has 116 valence electrons. The molecule has 0 atom stereocenters. The van der Waals surface area contributed by atoms with Gasteiger partial charge in [0, 0.05) is 0 Å². The number of nitrogens with zero attached hydrogens (tertiary/aromatic N) is 3. The van der Waals surface area contributed by atoms with Crippen molar-refractivity contribution in [2.24, 2.45) is 0 Å². The molecule has 0 amide bonds. The Morgan fingerprint density at radius 1 is 1.13 bits per heavy atom. The minimum absolute atomic E-state index is 0.0523. The maximum Gasteiger partial charge on any atom is 0.361 e. The lowest BCUT2D eigenvalue weighted by Crippen LogP contribution is -2.08. The van der Waals surface area contributed by atoms with E-state index in [1.165, 1.54) is 12.1 Å². The molecule has 1 aromatic heterocycles. The first-order chi connectivity index (χ1) is 11.1. The van der Waals surface area contributed by atoms with Crippen molar-refractivity contribution >= 4 is 5.97 Å². The molecule has 0 N–H and O–H groups in total. The number of halogens is 1. The van der Waals surface area contributed by atoms with E-state index >= 15 is 0 Å². The van der Waals surface area contributed by atoms with Crippen LogP contribution in [0.5, 0.6) is 0 Å². The Morgan fingerprint density at radius 3 is 2.52 bits per heavy atom. The molecule has 0 aliphatic carbocycles. The van der Waals surface area contributed by atoms with Crippen LogP contribution in [0.1, 0.15) is 21.7 Å². The summed E-state index contributed by atoms with van der Waals surface area (Å²) in [6.07, 6.45) is 0. The summed E-state index contributed by atoms with van der Waals surface area (Å²) in [6.45, 7) is 1.80. The van der Waals surface area contributed by atoms with Crippen LogP contribution in [0.25, 0.3) is 5.69 Å². The van der Waals surface area contributed by atoms with Crippen molar-refractivity contribution in [3.63, 3.8) is 0 Å². The Kier molecular flexibility index (Phi) is 4.14. The molecular weight excluding hydrogens is 297 g/mol. The highest BCUT2D eigenvalue weighted by Gasteiger charge is 2.18. The van der Waals surface area contributed by atoms with Crippen LogP contribution in [0.3, 0.4) is 0 Å². The molecule has 0 aliphatic heterocycles. The Labute approximate surface area is 132 Å². The zero-order valence-corrected chi connectivity index (χ0v) is 12.4. The van der Waals surface area contributed by atoms with Crippen molar-refractivity contribution in [3.05, 3.63) is 77.4 Å². The maximum atomic E-state index is 12.8. The number of hydrogen-bond acceptors (Lipinski definition) is 4. The molecule has 0 saturated heterocycles. The van der Waals surface area contributed by atoms with Crippen LogP contribution in [0.2, 0.25) is 0 Å². The first kappa shape index (κ1) is 14.9. The van der Waals surface area contributed by atoms with Gasteiger partial charge >= 0.3 is 5.97 Å². The number of ether oxygens (including phenoxy) is 1. The summed E-state index contributed by atoms with van der Waals surface area (Å²) < 4.78 is 19.6. The summed E-state index contributed by atoms with van der Waals surface area (Å²) in [7, 11) is 0. The molecule has 0 fully saturated rings. The van der Waals surface area contributed by atoms with Crippen molar-refractivity contribution in [1.82, 2.24) is 15.0 Å². The largest absolute Gasteiger partial charge is 0.456 e. The topological polar surface area (TPSA) is 57.0 Å². The summed E-state index contributed by atoms with van der Waals surface area (Å²) in [5, 5.41) is 7.89. The van der Waals surface area contributed by atoms with E-state index in [9.17, 15) is 9.18 Å². The van der Waals surface area contributed by atoms with Crippen LogP contribution >= 0.6 is 0 Å². The molecule has 5 nitrogen and oxygen atoms in total. The molecule has 0 aliphatic rings. The predicted molar refractivity (Wildman–Crippen MR) is 81.6 cm³/mol. The van der Waals surface area contributed by atoms with Gasteiger partial charge in [-0.15, -0.1) is 5.10 Å². The van der Waals surface area contributed by atoms with E-state index in [1.54, 1.807) is 23.7 Å². The van der Waals surface area contributed by atoms with E-state index in [2.05, 4.69) is 10.3 Å². The van der Waals surface area contributed by atoms with E-state index in [1.807, 2.05) is 30.3 Å². The quantitative estimate of drug-likeness (QED) is 0.695. The Morgan fingerprint density at radius 2 is 1.83 bits per heavy atom. The Balaban J connectivity index is 1.73. The number of para-hydroxylation sites is 1. The second-order valence-electron chi connectivity index (χ2n) is 4.97. The molecule has 0 bridgehead atoms. The summed E-state index contributed by atoms with van der Waals surface area (Å²) in [4.78, 5) is 12.1. The monoisotopic (exact) mass is 311 g/mol. The van der Waals surface area contributed by atoms with Gasteiger partial charge in [-0.3, -0.25) is 0 Å². The zero-order valence-electron chi connectivity index (χ0n) is 12.4. The van der Waals surface area contributed by atoms with Gasteiger partial charge in [0.15, 0.2) is 5.69 Å². The van der Waals surface area contributed by atoms with Crippen LogP contribution in [0, 0.1) is 12.7 Å². The SMILES string of the molecule is Cc1c(C(=O)OCc2ccc(F)cc2)nnn1-c1ccccc1. The first-order valence-corrected chi connectivity index (χ1v) is 7.04. The second-order valence-corrected chi connectivity index (χ2v) is 4.97. The van der Waals surface area contributed by atoms with Gasteiger partial charge < -0.3 is 4.74 Å². The van der Waals surface area contributed by atoms with E-state index in [0.29, 0.717) is 11.3 Å². The Bertz CT molecular complexity index is 814. The van der Waals surface area contributed by atoms with Gasteiger partial charge in [0.1, 0.15) is 12.4 Å². The lowest BCUT2D eigenvalue weighted by atomic mass is 10.2. The summed E-state index contributed by atoms with van der Waals surface area (Å²) in [5.41, 5.74) is 2.28. The van der Waals surface area contributed by atoms with Gasteiger partial charge in [0.2, 0.25) is 0 Å². The van der Waals surface area contributed by atoms with Crippen molar-refractivity contribution < 1.29 is 13.9 Å². The number of carbonyl (C=O) groups is 1. The molecule has 6 heteroatoms. The van der Waals surface area contributed by atoms with E-state index in [0.717, 1.165) is 5.69 Å². The highest BCUT2D eigenvalue weighted by Crippen LogP contribution is 2.13. The van der Waals surface area contributed by atoms with Gasteiger partial charge in [-0.25, -0.2) is 13.9 Å². The van der Waals surface area contributed by atoms with Crippen LogP contribution in [-0.4, -0.2) is 21.0 Å². The number of aromatic nitrogens is 3. The number of hydrogen-bond donors (Lipinski definition) is 0. The standard InChI is InChI=1S/C17H14FN3O2/c1-12-16(19-20-21(12)15-5-3-2-4-6-15)17(22)23-11-13-7-9-14(18)10-8-13/h2-10H,11H2,1H3. The van der Waals surface area contributed by atoms with E-state index in [-0.39, 0.29) is 18.1 Å². The molecule has 0 spiro atoms. The highest BCUT2D eigenvalue weighted by molar-refractivity contribution is 5.88. The third kappa shape index (κ3) is 3.26. The van der Waals surface area contributed by atoms with Gasteiger partial charge in [-0.1, -0.05) is 35.5 Å². The first-order valence-electron chi connectivity index (χ1n) is 7.04. The molecule has 0 radical (unpaired) electrons. The fraction of sp³-hybridized carbons (Fsp3) is 0.118. The lowest BCUT2D eigenvalue weighted by molar-refractivity contribution is 0.0464. The summed E-state index contributed by atoms with van der Waals surface area (Å²) >= 11 is 0. The number of rotatable bonds is 4. The lowest BCUT2D eigenvalue weighted by Gasteiger charge is -2.05. The van der Waals surface area contributed by atoms with Crippen LogP contribution < -0.4 is 0 Å². The third-order valence-electron chi connectivity index (χ3n) is 3.37. The van der Waals surface area contributed by atoms with Crippen LogP contribution in [0.4, 0.5) is 4.39 Å². The summed E-state index contributed by atoms with van der Waals surface area (Å²) in [6, 6.07) is 15.2. The average molecular weight is 311 g/mol. The number of esters is 1. The van der Waals surface area contributed by atoms with E-state index < -0.39 is 5.97 Å². The van der Waals surface area contributed by atoms with Gasteiger partial charge in [0.25, 0.3) is 0 Å². The maximum absolute atomic E-state index is 12.8. The fourth-order valence-electron chi connectivity index (χ4n) is 2.13. The second kappa shape index (κ2) is 6.39. The minimum Gasteiger partial charge on any atom is -0.456 e. The van der Waals surface area contributed by atoms with Crippen molar-refractivity contribution in [1.29, 1.82) is 0 Å². The average Bonchev–Trinajstić information content (AvgIpc) is 2.96. The normalized spacial score (nSPS) is 10.5. The fourth-order valence-corrected chi connectivity index (χ4v) is 2.13. The van der Waals surface area contributed by atoms with Gasteiger partial charge in [-0.05, 0) is 36.8 Å². The molecule has 1 heterocycles. The van der Waals surface area contributed by atoms with Gasteiger partial charge in [-0.2, -0.15) is 0 Å². The Hall–Kier alpha value is -3.02. The predicted octanol–water partition coefficient (Wildman–Crippen LogP) is 3.07. The molecule has 0 unspecified atom stereocenters. The number of benzene rings is 2. The smallest absolute Gasteiger partial charge is 0.361 e. The van der Waals surface area contributed by atoms with Crippen molar-refractivity contribution in [3.8, 4) is 5.69 Å². The van der Waals surface area contributed by atoms with Gasteiger partial charge in [0.05, 0.1) is 11.4 Å². The molecule has 23 heavy (non-hydrogen) atoms. The zero-order chi connectivity index (χ0) is 16.2. The molecule has 0 saturated carbocycles. The third-order valence-corrected chi connectivity index (χ3v) is 3.37. The molecule has 3 aromatic rings. The van der Waals surface area contributed by atoms with E-state index in [4.69, 9.17) is 4.74 Å². The van der Waals surface area contributed by atoms with Crippen LogP contribution in [0.15, 0.2) is 54.6 Å². The minimum atomic E-state index is -0.561. The summed E-state index contributed by atoms with van der Waals surface area (Å²) in [5.74, 6) is -0.893. The molecule has 2 aromatic carbocycles. The molecule has 3 rings (SSSR count). The highest BCUT2D eigenvalue weighted by atomic mass is 19.1. The number of carbonyl (C=O) groups excluding carboxylic acids is 1. The van der Waals surface area contributed by atoms with Crippen molar-refractivity contribution in [2.75, 3.05) is 0 Å². The van der Waals surface area contributed by atoms with Crippen molar-refractivity contribution in [2.45, 2.75) is 13.5 Å².